The zero-order valence-electron chi connectivity index (χ0n) is 10.1. The molecule has 0 aromatic rings. The van der Waals surface area contributed by atoms with Crippen LogP contribution < -0.4 is 5.32 Å². The third-order valence-electron chi connectivity index (χ3n) is 2.44. The Balaban J connectivity index is 2.98. The molecule has 0 saturated heterocycles. The van der Waals surface area contributed by atoms with Gasteiger partial charge in [0.15, 0.2) is 0 Å². The van der Waals surface area contributed by atoms with Crippen molar-refractivity contribution in [1.82, 2.24) is 5.32 Å². The van der Waals surface area contributed by atoms with Gasteiger partial charge >= 0.3 is 0 Å². The lowest BCUT2D eigenvalue weighted by Gasteiger charge is -2.12. The predicted molar refractivity (Wildman–Crippen MR) is 62.7 cm³/mol. The van der Waals surface area contributed by atoms with Crippen LogP contribution in [0.5, 0.6) is 0 Å². The van der Waals surface area contributed by atoms with E-state index in [0.29, 0.717) is 6.04 Å². The van der Waals surface area contributed by atoms with Crippen LogP contribution >= 0.6 is 0 Å². The Morgan fingerprint density at radius 2 is 1.71 bits per heavy atom. The van der Waals surface area contributed by atoms with Crippen LogP contribution in [-0.2, 0) is 4.74 Å². The van der Waals surface area contributed by atoms with Crippen molar-refractivity contribution < 1.29 is 4.74 Å². The standard InChI is InChI=1S/C12H27NO/c1-4-5-6-7-8-9-10-13-12(2)11-14-3/h12-13H,4-11H2,1-3H3/t12-/m1/s1. The molecule has 0 heterocycles. The molecule has 0 unspecified atom stereocenters. The second-order valence-electron chi connectivity index (χ2n) is 4.08. The molecule has 0 bridgehead atoms. The minimum atomic E-state index is 0.496. The van der Waals surface area contributed by atoms with Crippen molar-refractivity contribution in [2.24, 2.45) is 0 Å². The summed E-state index contributed by atoms with van der Waals surface area (Å²) < 4.78 is 5.05. The van der Waals surface area contributed by atoms with Crippen LogP contribution in [-0.4, -0.2) is 26.3 Å². The van der Waals surface area contributed by atoms with Gasteiger partial charge in [-0.2, -0.15) is 0 Å². The van der Waals surface area contributed by atoms with Crippen LogP contribution in [0, 0.1) is 0 Å². The molecule has 0 aromatic heterocycles. The van der Waals surface area contributed by atoms with Gasteiger partial charge < -0.3 is 10.1 Å². The molecule has 0 fully saturated rings. The number of hydrogen-bond donors (Lipinski definition) is 1. The average molecular weight is 201 g/mol. The Hall–Kier alpha value is -0.0800. The van der Waals surface area contributed by atoms with Gasteiger partial charge in [-0.15, -0.1) is 0 Å². The highest BCUT2D eigenvalue weighted by Gasteiger charge is 1.98. The molecule has 86 valence electrons. The predicted octanol–water partition coefficient (Wildman–Crippen LogP) is 2.97. The molecule has 0 aromatic carbocycles. The summed E-state index contributed by atoms with van der Waals surface area (Å²) in [5.41, 5.74) is 0. The van der Waals surface area contributed by atoms with E-state index in [9.17, 15) is 0 Å². The lowest BCUT2D eigenvalue weighted by molar-refractivity contribution is 0.172. The number of hydrogen-bond acceptors (Lipinski definition) is 2. The van der Waals surface area contributed by atoms with Crippen LogP contribution in [0.2, 0.25) is 0 Å². The Kier molecular flexibility index (Phi) is 10.9. The minimum Gasteiger partial charge on any atom is -0.383 e. The molecule has 0 amide bonds. The zero-order valence-corrected chi connectivity index (χ0v) is 10.1. The monoisotopic (exact) mass is 201 g/mol. The quantitative estimate of drug-likeness (QED) is 0.549. The Morgan fingerprint density at radius 3 is 2.36 bits per heavy atom. The van der Waals surface area contributed by atoms with E-state index in [1.807, 2.05) is 0 Å². The smallest absolute Gasteiger partial charge is 0.0613 e. The zero-order chi connectivity index (χ0) is 10.6. The highest BCUT2D eigenvalue weighted by Crippen LogP contribution is 2.04. The molecule has 1 N–H and O–H groups in total. The van der Waals surface area contributed by atoms with E-state index >= 15 is 0 Å². The first-order valence-electron chi connectivity index (χ1n) is 6.03. The maximum atomic E-state index is 5.05. The number of rotatable bonds is 10. The largest absolute Gasteiger partial charge is 0.383 e. The molecular weight excluding hydrogens is 174 g/mol. The fourth-order valence-corrected chi connectivity index (χ4v) is 1.56. The molecule has 2 nitrogen and oxygen atoms in total. The van der Waals surface area contributed by atoms with Gasteiger partial charge in [-0.05, 0) is 19.9 Å². The molecular formula is C12H27NO. The summed E-state index contributed by atoms with van der Waals surface area (Å²) in [5, 5.41) is 3.45. The fourth-order valence-electron chi connectivity index (χ4n) is 1.56. The number of methoxy groups -OCH3 is 1. The van der Waals surface area contributed by atoms with Crippen molar-refractivity contribution >= 4 is 0 Å². The van der Waals surface area contributed by atoms with E-state index in [0.717, 1.165) is 13.2 Å². The second kappa shape index (κ2) is 11.0. The summed E-state index contributed by atoms with van der Waals surface area (Å²) in [7, 11) is 1.75. The third-order valence-corrected chi connectivity index (χ3v) is 2.44. The van der Waals surface area contributed by atoms with Gasteiger partial charge in [-0.3, -0.25) is 0 Å². The van der Waals surface area contributed by atoms with Crippen LogP contribution in [0.3, 0.4) is 0 Å². The summed E-state index contributed by atoms with van der Waals surface area (Å²) >= 11 is 0. The average Bonchev–Trinajstić information content (AvgIpc) is 2.17. The van der Waals surface area contributed by atoms with Crippen LogP contribution in [0.25, 0.3) is 0 Å². The van der Waals surface area contributed by atoms with Gasteiger partial charge in [-0.25, -0.2) is 0 Å². The molecule has 0 saturated carbocycles. The normalized spacial score (nSPS) is 13.1. The van der Waals surface area contributed by atoms with E-state index < -0.39 is 0 Å². The molecule has 1 atom stereocenters. The van der Waals surface area contributed by atoms with Gasteiger partial charge in [0.1, 0.15) is 0 Å². The van der Waals surface area contributed by atoms with Crippen molar-refractivity contribution in [3.63, 3.8) is 0 Å². The van der Waals surface area contributed by atoms with Crippen LogP contribution in [0.1, 0.15) is 52.4 Å². The highest BCUT2D eigenvalue weighted by atomic mass is 16.5. The summed E-state index contributed by atoms with van der Waals surface area (Å²) in [6.07, 6.45) is 8.21. The highest BCUT2D eigenvalue weighted by molar-refractivity contribution is 4.58. The van der Waals surface area contributed by atoms with Crippen molar-refractivity contribution in [2.45, 2.75) is 58.4 Å². The summed E-state index contributed by atoms with van der Waals surface area (Å²) in [6.45, 7) is 6.38. The van der Waals surface area contributed by atoms with Gasteiger partial charge in [0.2, 0.25) is 0 Å². The van der Waals surface area contributed by atoms with Crippen LogP contribution in [0.15, 0.2) is 0 Å². The molecule has 0 rings (SSSR count). The summed E-state index contributed by atoms with van der Waals surface area (Å²) in [4.78, 5) is 0. The van der Waals surface area contributed by atoms with Gasteiger partial charge in [0.25, 0.3) is 0 Å². The summed E-state index contributed by atoms with van der Waals surface area (Å²) in [5.74, 6) is 0. The van der Waals surface area contributed by atoms with Gasteiger partial charge in [0, 0.05) is 13.2 Å². The lowest BCUT2D eigenvalue weighted by atomic mass is 10.1. The molecule has 0 aliphatic carbocycles. The van der Waals surface area contributed by atoms with Gasteiger partial charge in [0.05, 0.1) is 6.61 Å². The Bertz CT molecular complexity index is 106. The van der Waals surface area contributed by atoms with Crippen molar-refractivity contribution in [3.05, 3.63) is 0 Å². The van der Waals surface area contributed by atoms with Crippen molar-refractivity contribution in [2.75, 3.05) is 20.3 Å². The molecule has 0 radical (unpaired) electrons. The topological polar surface area (TPSA) is 21.3 Å². The first kappa shape index (κ1) is 13.9. The van der Waals surface area contributed by atoms with Crippen molar-refractivity contribution in [3.8, 4) is 0 Å². The molecule has 14 heavy (non-hydrogen) atoms. The molecule has 2 heteroatoms. The first-order valence-corrected chi connectivity index (χ1v) is 6.03. The Morgan fingerprint density at radius 1 is 1.07 bits per heavy atom. The van der Waals surface area contributed by atoms with E-state index in [1.54, 1.807) is 7.11 Å². The summed E-state index contributed by atoms with van der Waals surface area (Å²) in [6, 6.07) is 0.496. The number of ether oxygens (including phenoxy) is 1. The van der Waals surface area contributed by atoms with E-state index in [-0.39, 0.29) is 0 Å². The van der Waals surface area contributed by atoms with E-state index in [1.165, 1.54) is 38.5 Å². The maximum Gasteiger partial charge on any atom is 0.0613 e. The fraction of sp³-hybridized carbons (Fsp3) is 1.00. The Labute approximate surface area is 89.4 Å². The van der Waals surface area contributed by atoms with E-state index in [2.05, 4.69) is 19.2 Å². The van der Waals surface area contributed by atoms with Crippen molar-refractivity contribution in [1.29, 1.82) is 0 Å². The second-order valence-corrected chi connectivity index (χ2v) is 4.08. The van der Waals surface area contributed by atoms with E-state index in [4.69, 9.17) is 4.74 Å². The first-order chi connectivity index (χ1) is 6.81. The maximum absolute atomic E-state index is 5.05. The molecule has 0 aliphatic heterocycles. The number of nitrogens with one attached hydrogen (secondary N) is 1. The molecule has 0 aliphatic rings. The molecule has 0 spiro atoms. The third kappa shape index (κ3) is 10.0. The van der Waals surface area contributed by atoms with Gasteiger partial charge in [-0.1, -0.05) is 39.0 Å². The van der Waals surface area contributed by atoms with Crippen LogP contribution in [0.4, 0.5) is 0 Å². The lowest BCUT2D eigenvalue weighted by Crippen LogP contribution is -2.30. The minimum absolute atomic E-state index is 0.496. The number of unbranched alkanes of at least 4 members (excludes halogenated alkanes) is 5. The SMILES string of the molecule is CCCCCCCCN[C@H](C)COC.